The van der Waals surface area contributed by atoms with E-state index in [9.17, 15) is 0 Å². The average molecular weight is 497 g/mol. The van der Waals surface area contributed by atoms with Gasteiger partial charge in [-0.15, -0.1) is 24.0 Å². The molecular formula is C21H32IN5O. The molecule has 0 unspecified atom stereocenters. The molecule has 0 amide bonds. The van der Waals surface area contributed by atoms with Crippen LogP contribution in [0, 0.1) is 5.41 Å². The molecule has 28 heavy (non-hydrogen) atoms. The maximum Gasteiger partial charge on any atom is 0.191 e. The van der Waals surface area contributed by atoms with Crippen molar-refractivity contribution in [3.63, 3.8) is 0 Å². The molecule has 0 bridgehead atoms. The Morgan fingerprint density at radius 1 is 1.25 bits per heavy atom. The smallest absolute Gasteiger partial charge is 0.191 e. The van der Waals surface area contributed by atoms with Crippen molar-refractivity contribution in [2.75, 3.05) is 26.8 Å². The lowest BCUT2D eigenvalue weighted by Gasteiger charge is -2.42. The van der Waals surface area contributed by atoms with Gasteiger partial charge in [0.2, 0.25) is 0 Å². The van der Waals surface area contributed by atoms with Gasteiger partial charge in [0.1, 0.15) is 0 Å². The van der Waals surface area contributed by atoms with Gasteiger partial charge in [-0.05, 0) is 43.7 Å². The fourth-order valence-corrected chi connectivity index (χ4v) is 3.46. The Labute approximate surface area is 185 Å². The van der Waals surface area contributed by atoms with E-state index < -0.39 is 0 Å². The van der Waals surface area contributed by atoms with Crippen molar-refractivity contribution in [2.24, 2.45) is 10.4 Å². The van der Waals surface area contributed by atoms with Gasteiger partial charge in [-0.1, -0.05) is 24.6 Å². The molecule has 0 radical (unpaired) electrons. The number of methoxy groups -OCH3 is 1. The number of para-hydroxylation sites is 1. The first kappa shape index (κ1) is 22.7. The number of rotatable bonds is 9. The minimum atomic E-state index is 0. The summed E-state index contributed by atoms with van der Waals surface area (Å²) in [5.74, 6) is 0.869. The van der Waals surface area contributed by atoms with E-state index in [1.54, 1.807) is 7.11 Å². The second-order valence-electron chi connectivity index (χ2n) is 7.27. The van der Waals surface area contributed by atoms with E-state index in [2.05, 4.69) is 22.7 Å². The first-order chi connectivity index (χ1) is 13.2. The number of halogens is 1. The Kier molecular flexibility index (Phi) is 9.24. The van der Waals surface area contributed by atoms with Crippen LogP contribution in [0.15, 0.2) is 47.7 Å². The molecule has 1 aromatic carbocycles. The van der Waals surface area contributed by atoms with E-state index in [1.807, 2.05) is 47.4 Å². The minimum Gasteiger partial charge on any atom is -0.385 e. The number of hydrogen-bond acceptors (Lipinski definition) is 3. The summed E-state index contributed by atoms with van der Waals surface area (Å²) in [5, 5.41) is 11.3. The molecule has 6 nitrogen and oxygen atoms in total. The largest absolute Gasteiger partial charge is 0.385 e. The molecular weight excluding hydrogens is 465 g/mol. The van der Waals surface area contributed by atoms with E-state index in [0.29, 0.717) is 12.0 Å². The number of guanidine groups is 1. The topological polar surface area (TPSA) is 63.5 Å². The van der Waals surface area contributed by atoms with Crippen molar-refractivity contribution in [3.05, 3.63) is 48.3 Å². The predicted octanol–water partition coefficient (Wildman–Crippen LogP) is 3.75. The average Bonchev–Trinajstić information content (AvgIpc) is 3.14. The number of nitrogens with zero attached hydrogens (tertiary/aromatic N) is 3. The van der Waals surface area contributed by atoms with Crippen LogP contribution in [-0.4, -0.2) is 42.5 Å². The van der Waals surface area contributed by atoms with Crippen LogP contribution in [0.4, 0.5) is 0 Å². The quantitative estimate of drug-likeness (QED) is 0.315. The summed E-state index contributed by atoms with van der Waals surface area (Å²) >= 11 is 0. The maximum atomic E-state index is 5.29. The third kappa shape index (κ3) is 6.20. The molecule has 0 saturated heterocycles. The van der Waals surface area contributed by atoms with Gasteiger partial charge in [0.05, 0.1) is 18.4 Å². The van der Waals surface area contributed by atoms with E-state index in [0.717, 1.165) is 43.3 Å². The summed E-state index contributed by atoms with van der Waals surface area (Å²) in [5.41, 5.74) is 2.52. The molecule has 2 N–H and O–H groups in total. The zero-order valence-electron chi connectivity index (χ0n) is 16.9. The maximum absolute atomic E-state index is 5.29. The van der Waals surface area contributed by atoms with E-state index in [4.69, 9.17) is 9.73 Å². The molecule has 7 heteroatoms. The van der Waals surface area contributed by atoms with Crippen molar-refractivity contribution in [1.82, 2.24) is 20.4 Å². The Morgan fingerprint density at radius 3 is 2.68 bits per heavy atom. The number of aromatic nitrogens is 2. The molecule has 1 fully saturated rings. The van der Waals surface area contributed by atoms with Crippen molar-refractivity contribution in [3.8, 4) is 5.69 Å². The van der Waals surface area contributed by atoms with Crippen LogP contribution < -0.4 is 10.6 Å². The van der Waals surface area contributed by atoms with Crippen LogP contribution in [-0.2, 0) is 11.3 Å². The first-order valence-corrected chi connectivity index (χ1v) is 9.85. The van der Waals surface area contributed by atoms with Gasteiger partial charge < -0.3 is 15.4 Å². The Bertz CT molecular complexity index is 727. The number of aliphatic imine (C=N–C) groups is 1. The lowest BCUT2D eigenvalue weighted by Crippen LogP contribution is -2.46. The van der Waals surface area contributed by atoms with Crippen molar-refractivity contribution < 1.29 is 4.74 Å². The lowest BCUT2D eigenvalue weighted by molar-refractivity contribution is 0.0732. The summed E-state index contributed by atoms with van der Waals surface area (Å²) in [4.78, 5) is 4.74. The monoisotopic (exact) mass is 497 g/mol. The molecule has 0 spiro atoms. The van der Waals surface area contributed by atoms with Crippen LogP contribution in [0.25, 0.3) is 5.69 Å². The van der Waals surface area contributed by atoms with Crippen LogP contribution in [0.2, 0.25) is 0 Å². The summed E-state index contributed by atoms with van der Waals surface area (Å²) in [7, 11) is 1.78. The lowest BCUT2D eigenvalue weighted by atomic mass is 9.67. The molecule has 1 saturated carbocycles. The highest BCUT2D eigenvalue weighted by molar-refractivity contribution is 14.0. The Balaban J connectivity index is 0.00000280. The zero-order valence-corrected chi connectivity index (χ0v) is 19.2. The van der Waals surface area contributed by atoms with Crippen LogP contribution >= 0.6 is 24.0 Å². The normalized spacial score (nSPS) is 15.4. The van der Waals surface area contributed by atoms with Gasteiger partial charge in [-0.2, -0.15) is 5.10 Å². The molecule has 3 rings (SSSR count). The standard InChI is InChI=1S/C21H31N5O.HI/c1-3-22-20(24-17-21(10-7-11-21)12-13-27-2)23-14-18-15-25-26(16-18)19-8-5-4-6-9-19;/h4-6,8-9,15-16H,3,7,10-14,17H2,1-2H3,(H2,22,23,24);1H. The van der Waals surface area contributed by atoms with Crippen LogP contribution in [0.5, 0.6) is 0 Å². The minimum absolute atomic E-state index is 0. The number of hydrogen-bond donors (Lipinski definition) is 2. The van der Waals surface area contributed by atoms with Gasteiger partial charge in [0, 0.05) is 38.6 Å². The highest BCUT2D eigenvalue weighted by atomic mass is 127. The van der Waals surface area contributed by atoms with Gasteiger partial charge >= 0.3 is 0 Å². The summed E-state index contributed by atoms with van der Waals surface area (Å²) in [6.07, 6.45) is 8.89. The van der Waals surface area contributed by atoms with Crippen molar-refractivity contribution >= 4 is 29.9 Å². The molecule has 1 aliphatic rings. The summed E-state index contributed by atoms with van der Waals surface area (Å²) in [6, 6.07) is 10.1. The van der Waals surface area contributed by atoms with Gasteiger partial charge in [0.15, 0.2) is 5.96 Å². The van der Waals surface area contributed by atoms with E-state index in [1.165, 1.54) is 19.3 Å². The molecule has 0 aliphatic heterocycles. The number of ether oxygens (including phenoxy) is 1. The molecule has 2 aromatic rings. The van der Waals surface area contributed by atoms with E-state index >= 15 is 0 Å². The SMILES string of the molecule is CCNC(=NCc1cnn(-c2ccccc2)c1)NCC1(CCOC)CCC1.I. The second kappa shape index (κ2) is 11.4. The fraction of sp³-hybridized carbons (Fsp3) is 0.524. The predicted molar refractivity (Wildman–Crippen MR) is 125 cm³/mol. The third-order valence-electron chi connectivity index (χ3n) is 5.30. The summed E-state index contributed by atoms with van der Waals surface area (Å²) in [6.45, 7) is 5.32. The molecule has 1 aromatic heterocycles. The first-order valence-electron chi connectivity index (χ1n) is 9.85. The summed E-state index contributed by atoms with van der Waals surface area (Å²) < 4.78 is 7.18. The van der Waals surface area contributed by atoms with Gasteiger partial charge in [-0.3, -0.25) is 0 Å². The second-order valence-corrected chi connectivity index (χ2v) is 7.27. The molecule has 1 heterocycles. The zero-order chi connectivity index (χ0) is 19.0. The number of benzene rings is 1. The van der Waals surface area contributed by atoms with Crippen LogP contribution in [0.1, 0.15) is 38.2 Å². The van der Waals surface area contributed by atoms with Gasteiger partial charge in [-0.25, -0.2) is 9.67 Å². The van der Waals surface area contributed by atoms with Crippen LogP contribution in [0.3, 0.4) is 0 Å². The molecule has 1 aliphatic carbocycles. The number of nitrogens with one attached hydrogen (secondary N) is 2. The fourth-order valence-electron chi connectivity index (χ4n) is 3.46. The van der Waals surface area contributed by atoms with Crippen molar-refractivity contribution in [2.45, 2.75) is 39.2 Å². The highest BCUT2D eigenvalue weighted by Crippen LogP contribution is 2.43. The van der Waals surface area contributed by atoms with E-state index in [-0.39, 0.29) is 24.0 Å². The third-order valence-corrected chi connectivity index (χ3v) is 5.30. The Hall–Kier alpha value is -1.61. The molecule has 154 valence electrons. The Morgan fingerprint density at radius 2 is 2.04 bits per heavy atom. The van der Waals surface area contributed by atoms with Crippen molar-refractivity contribution in [1.29, 1.82) is 0 Å². The molecule has 0 atom stereocenters. The highest BCUT2D eigenvalue weighted by Gasteiger charge is 2.36. The van der Waals surface area contributed by atoms with Gasteiger partial charge in [0.25, 0.3) is 0 Å².